The third-order valence-electron chi connectivity index (χ3n) is 4.71. The Morgan fingerprint density at radius 1 is 0.935 bits per heavy atom. The largest absolute Gasteiger partial charge is 0.497 e. The average molecular weight is 435 g/mol. The fourth-order valence-corrected chi connectivity index (χ4v) is 3.86. The van der Waals surface area contributed by atoms with E-state index in [0.717, 1.165) is 22.6 Å². The number of amides is 2. The summed E-state index contributed by atoms with van der Waals surface area (Å²) in [7, 11) is 1.62. The fourth-order valence-electron chi connectivity index (χ4n) is 3.00. The van der Waals surface area contributed by atoms with Crippen LogP contribution in [0.3, 0.4) is 0 Å². The van der Waals surface area contributed by atoms with Crippen molar-refractivity contribution in [3.63, 3.8) is 0 Å². The van der Waals surface area contributed by atoms with Crippen LogP contribution in [0.2, 0.25) is 0 Å². The lowest BCUT2D eigenvalue weighted by Crippen LogP contribution is -2.28. The van der Waals surface area contributed by atoms with Gasteiger partial charge in [0.2, 0.25) is 5.91 Å². The van der Waals surface area contributed by atoms with Gasteiger partial charge in [-0.05, 0) is 55.3 Å². The summed E-state index contributed by atoms with van der Waals surface area (Å²) in [6, 6.07) is 24.6. The van der Waals surface area contributed by atoms with Crippen LogP contribution in [0.4, 0.5) is 5.69 Å². The van der Waals surface area contributed by atoms with Crippen LogP contribution < -0.4 is 15.4 Å². The smallest absolute Gasteiger partial charge is 0.253 e. The van der Waals surface area contributed by atoms with Crippen molar-refractivity contribution in [2.24, 2.45) is 0 Å². The third-order valence-corrected chi connectivity index (χ3v) is 5.83. The predicted octanol–water partition coefficient (Wildman–Crippen LogP) is 4.79. The van der Waals surface area contributed by atoms with Gasteiger partial charge in [0.25, 0.3) is 5.91 Å². The molecule has 2 N–H and O–H groups in total. The van der Waals surface area contributed by atoms with Gasteiger partial charge in [-0.15, -0.1) is 11.8 Å². The number of methoxy groups -OCH3 is 1. The lowest BCUT2D eigenvalue weighted by Gasteiger charge is -2.15. The molecule has 5 nitrogen and oxygen atoms in total. The van der Waals surface area contributed by atoms with Gasteiger partial charge in [-0.25, -0.2) is 0 Å². The Hall–Kier alpha value is -3.25. The predicted molar refractivity (Wildman–Crippen MR) is 126 cm³/mol. The molecule has 3 rings (SSSR count). The van der Waals surface area contributed by atoms with Crippen LogP contribution >= 0.6 is 11.8 Å². The number of nitrogens with one attached hydrogen (secondary N) is 2. The maximum absolute atomic E-state index is 12.7. The van der Waals surface area contributed by atoms with Crippen molar-refractivity contribution in [1.82, 2.24) is 5.32 Å². The summed E-state index contributed by atoms with van der Waals surface area (Å²) in [6.45, 7) is 2.36. The number of carbonyl (C=O) groups is 2. The highest BCUT2D eigenvalue weighted by atomic mass is 32.2. The van der Waals surface area contributed by atoms with Gasteiger partial charge in [-0.2, -0.15) is 0 Å². The quantitative estimate of drug-likeness (QED) is 0.475. The molecule has 2 amide bonds. The van der Waals surface area contributed by atoms with Crippen molar-refractivity contribution < 1.29 is 14.3 Å². The summed E-state index contributed by atoms with van der Waals surface area (Å²) < 4.78 is 5.16. The van der Waals surface area contributed by atoms with Crippen LogP contribution in [0.25, 0.3) is 0 Å². The lowest BCUT2D eigenvalue weighted by atomic mass is 10.1. The molecule has 0 radical (unpaired) electrons. The normalized spacial score (nSPS) is 11.4. The van der Waals surface area contributed by atoms with Crippen molar-refractivity contribution >= 4 is 29.3 Å². The first-order valence-electron chi connectivity index (χ1n) is 10.1. The molecular formula is C25H26N2O3S. The zero-order chi connectivity index (χ0) is 22.1. The van der Waals surface area contributed by atoms with Gasteiger partial charge in [0.05, 0.1) is 23.6 Å². The number of anilines is 1. The molecule has 0 aliphatic carbocycles. The molecule has 0 fully saturated rings. The summed E-state index contributed by atoms with van der Waals surface area (Å²) in [6.07, 6.45) is 0.747. The van der Waals surface area contributed by atoms with Crippen LogP contribution in [0, 0.1) is 0 Å². The summed E-state index contributed by atoms with van der Waals surface area (Å²) in [5.41, 5.74) is 2.12. The second-order valence-electron chi connectivity index (χ2n) is 6.96. The zero-order valence-electron chi connectivity index (χ0n) is 17.6. The Morgan fingerprint density at radius 3 is 2.32 bits per heavy atom. The van der Waals surface area contributed by atoms with E-state index in [0.29, 0.717) is 17.8 Å². The van der Waals surface area contributed by atoms with E-state index in [4.69, 9.17) is 4.74 Å². The van der Waals surface area contributed by atoms with Crippen LogP contribution in [-0.2, 0) is 11.2 Å². The summed E-state index contributed by atoms with van der Waals surface area (Å²) >= 11 is 1.45. The van der Waals surface area contributed by atoms with E-state index < -0.39 is 0 Å². The van der Waals surface area contributed by atoms with E-state index in [9.17, 15) is 9.59 Å². The first kappa shape index (κ1) is 22.4. The molecule has 0 bridgehead atoms. The number of hydrogen-bond acceptors (Lipinski definition) is 4. The van der Waals surface area contributed by atoms with Gasteiger partial charge in [0.15, 0.2) is 0 Å². The van der Waals surface area contributed by atoms with E-state index in [-0.39, 0.29) is 17.1 Å². The monoisotopic (exact) mass is 434 g/mol. The van der Waals surface area contributed by atoms with Crippen molar-refractivity contribution in [3.8, 4) is 5.75 Å². The van der Waals surface area contributed by atoms with Crippen molar-refractivity contribution in [2.45, 2.75) is 23.5 Å². The topological polar surface area (TPSA) is 67.4 Å². The van der Waals surface area contributed by atoms with Gasteiger partial charge in [0.1, 0.15) is 5.75 Å². The Kier molecular flexibility index (Phi) is 8.12. The van der Waals surface area contributed by atoms with Crippen molar-refractivity contribution in [2.75, 3.05) is 19.0 Å². The van der Waals surface area contributed by atoms with Crippen molar-refractivity contribution in [1.29, 1.82) is 0 Å². The molecule has 0 aliphatic heterocycles. The van der Waals surface area contributed by atoms with Crippen molar-refractivity contribution in [3.05, 3.63) is 90.0 Å². The molecule has 0 aromatic heterocycles. The number of carbonyl (C=O) groups excluding carboxylic acids is 2. The summed E-state index contributed by atoms with van der Waals surface area (Å²) in [5, 5.41) is 5.50. The lowest BCUT2D eigenvalue weighted by molar-refractivity contribution is -0.115. The van der Waals surface area contributed by atoms with E-state index in [2.05, 4.69) is 10.6 Å². The first-order valence-corrected chi connectivity index (χ1v) is 11.0. The fraction of sp³-hybridized carbons (Fsp3) is 0.200. The van der Waals surface area contributed by atoms with Gasteiger partial charge in [-0.1, -0.05) is 42.5 Å². The number of thioether (sulfide) groups is 1. The molecule has 3 aromatic carbocycles. The second-order valence-corrected chi connectivity index (χ2v) is 8.38. The maximum Gasteiger partial charge on any atom is 0.253 e. The summed E-state index contributed by atoms with van der Waals surface area (Å²) in [5.74, 6) is 0.404. The molecular weight excluding hydrogens is 408 g/mol. The van der Waals surface area contributed by atoms with Crippen LogP contribution in [0.5, 0.6) is 5.75 Å². The Balaban J connectivity index is 1.58. The molecule has 1 atom stereocenters. The van der Waals surface area contributed by atoms with E-state index in [1.807, 2.05) is 61.5 Å². The number of benzene rings is 3. The minimum atomic E-state index is -0.331. The number of para-hydroxylation sites is 1. The molecule has 0 aliphatic rings. The zero-order valence-corrected chi connectivity index (χ0v) is 18.4. The summed E-state index contributed by atoms with van der Waals surface area (Å²) in [4.78, 5) is 26.4. The second kappa shape index (κ2) is 11.2. The highest BCUT2D eigenvalue weighted by Crippen LogP contribution is 2.26. The molecule has 1 unspecified atom stereocenters. The Bertz CT molecular complexity index is 1010. The van der Waals surface area contributed by atoms with E-state index in [1.54, 1.807) is 31.4 Å². The third kappa shape index (κ3) is 6.62. The standard InChI is InChI=1S/C25H26N2O3S/c1-18(31-21-14-12-20(30-2)13-15-21)24(28)27-23-11-7-6-10-22(23)25(29)26-17-16-19-8-4-3-5-9-19/h3-15,18H,16-17H2,1-2H3,(H,26,29)(H,27,28). The molecule has 0 saturated heterocycles. The van der Waals surface area contributed by atoms with E-state index in [1.165, 1.54) is 11.8 Å². The molecule has 0 heterocycles. The molecule has 160 valence electrons. The molecule has 0 saturated carbocycles. The SMILES string of the molecule is COc1ccc(SC(C)C(=O)Nc2ccccc2C(=O)NCCc2ccccc2)cc1. The molecule has 3 aromatic rings. The number of rotatable bonds is 9. The van der Waals surface area contributed by atoms with Crippen LogP contribution in [0.1, 0.15) is 22.8 Å². The maximum atomic E-state index is 12.7. The van der Waals surface area contributed by atoms with Gasteiger partial charge >= 0.3 is 0 Å². The van der Waals surface area contributed by atoms with Gasteiger partial charge < -0.3 is 15.4 Å². The first-order chi connectivity index (χ1) is 15.1. The highest BCUT2D eigenvalue weighted by molar-refractivity contribution is 8.00. The van der Waals surface area contributed by atoms with Gasteiger partial charge in [-0.3, -0.25) is 9.59 Å². The van der Waals surface area contributed by atoms with Crippen LogP contribution in [0.15, 0.2) is 83.8 Å². The Morgan fingerprint density at radius 2 is 1.61 bits per heavy atom. The number of hydrogen-bond donors (Lipinski definition) is 2. The highest BCUT2D eigenvalue weighted by Gasteiger charge is 2.18. The Labute approximate surface area is 187 Å². The van der Waals surface area contributed by atoms with Gasteiger partial charge in [0, 0.05) is 11.4 Å². The average Bonchev–Trinajstić information content (AvgIpc) is 2.80. The minimum Gasteiger partial charge on any atom is -0.497 e. The minimum absolute atomic E-state index is 0.162. The molecule has 31 heavy (non-hydrogen) atoms. The molecule has 0 spiro atoms. The molecule has 6 heteroatoms. The number of ether oxygens (including phenoxy) is 1. The van der Waals surface area contributed by atoms with Crippen LogP contribution in [-0.4, -0.2) is 30.7 Å². The van der Waals surface area contributed by atoms with E-state index >= 15 is 0 Å².